The Kier molecular flexibility index (Phi) is 3.89. The average Bonchev–Trinajstić information content (AvgIpc) is 3.21. The van der Waals surface area contributed by atoms with Gasteiger partial charge in [-0.3, -0.25) is 14.5 Å². The Labute approximate surface area is 189 Å². The van der Waals surface area contributed by atoms with Crippen LogP contribution >= 0.6 is 0 Å². The summed E-state index contributed by atoms with van der Waals surface area (Å²) in [5, 5.41) is 3.13. The highest BCUT2D eigenvalue weighted by molar-refractivity contribution is 6.00. The van der Waals surface area contributed by atoms with Crippen LogP contribution in [0.1, 0.15) is 45.1 Å². The molecule has 2 amide bonds. The molecule has 7 rings (SSSR count). The maximum absolute atomic E-state index is 13.5. The first-order valence-electron chi connectivity index (χ1n) is 12.3. The van der Waals surface area contributed by atoms with Gasteiger partial charge in [-0.15, -0.1) is 0 Å². The number of ether oxygens (including phenoxy) is 1. The van der Waals surface area contributed by atoms with Gasteiger partial charge in [-0.25, -0.2) is 0 Å². The fraction of sp³-hybridized carbons (Fsp3) is 0.615. The van der Waals surface area contributed by atoms with Crippen molar-refractivity contribution in [1.29, 1.82) is 0 Å². The number of piperidine rings is 2. The van der Waals surface area contributed by atoms with E-state index < -0.39 is 0 Å². The molecular weight excluding hydrogens is 402 g/mol. The van der Waals surface area contributed by atoms with Crippen LogP contribution in [0.25, 0.3) is 0 Å². The van der Waals surface area contributed by atoms with E-state index in [1.807, 2.05) is 6.07 Å². The molecule has 6 atom stereocenters. The topological polar surface area (TPSA) is 61.9 Å². The third kappa shape index (κ3) is 2.32. The SMILES string of the molecule is CC(C)CC(=O)Nc1ccc2c(c1)[C@@]13CCN4CC5=CCO[C@H]6CC(=O)N2[C@H]1[C@H]6[C@H]5C[C@H]43. The van der Waals surface area contributed by atoms with Gasteiger partial charge in [0.1, 0.15) is 0 Å². The monoisotopic (exact) mass is 433 g/mol. The van der Waals surface area contributed by atoms with E-state index in [0.717, 1.165) is 37.3 Å². The van der Waals surface area contributed by atoms with Crippen LogP contribution in [0.5, 0.6) is 0 Å². The Bertz CT molecular complexity index is 1060. The van der Waals surface area contributed by atoms with E-state index in [2.05, 4.69) is 47.2 Å². The summed E-state index contributed by atoms with van der Waals surface area (Å²) in [6, 6.07) is 6.90. The zero-order valence-electron chi connectivity index (χ0n) is 18.8. The second kappa shape index (κ2) is 6.45. The minimum atomic E-state index is -0.0527. The molecule has 1 saturated carbocycles. The zero-order chi connectivity index (χ0) is 21.8. The summed E-state index contributed by atoms with van der Waals surface area (Å²) in [7, 11) is 0. The largest absolute Gasteiger partial charge is 0.373 e. The predicted molar refractivity (Wildman–Crippen MR) is 121 cm³/mol. The molecule has 5 aliphatic heterocycles. The number of carbonyl (C=O) groups is 2. The number of rotatable bonds is 3. The van der Waals surface area contributed by atoms with Crippen molar-refractivity contribution in [2.75, 3.05) is 29.9 Å². The lowest BCUT2D eigenvalue weighted by molar-refractivity contribution is -0.132. The van der Waals surface area contributed by atoms with Crippen molar-refractivity contribution in [3.8, 4) is 0 Å². The molecule has 32 heavy (non-hydrogen) atoms. The van der Waals surface area contributed by atoms with Gasteiger partial charge in [0.15, 0.2) is 0 Å². The number of benzene rings is 1. The van der Waals surface area contributed by atoms with Gasteiger partial charge >= 0.3 is 0 Å². The molecule has 1 aromatic carbocycles. The summed E-state index contributed by atoms with van der Waals surface area (Å²) in [4.78, 5) is 30.8. The van der Waals surface area contributed by atoms with Gasteiger partial charge in [-0.05, 0) is 55.0 Å². The number of nitrogens with zero attached hydrogens (tertiary/aromatic N) is 2. The number of carbonyl (C=O) groups excluding carboxylic acids is 2. The molecule has 0 aromatic heterocycles. The lowest BCUT2D eigenvalue weighted by Gasteiger charge is -2.58. The van der Waals surface area contributed by atoms with Gasteiger partial charge in [0, 0.05) is 41.7 Å². The first kappa shape index (κ1) is 19.3. The van der Waals surface area contributed by atoms with Crippen molar-refractivity contribution in [3.05, 3.63) is 35.4 Å². The summed E-state index contributed by atoms with van der Waals surface area (Å²) in [6.45, 7) is 6.89. The number of nitrogens with one attached hydrogen (secondary N) is 1. The minimum Gasteiger partial charge on any atom is -0.373 e. The molecule has 5 heterocycles. The minimum absolute atomic E-state index is 0.0204. The van der Waals surface area contributed by atoms with Gasteiger partial charge in [-0.2, -0.15) is 0 Å². The number of amides is 2. The smallest absolute Gasteiger partial charge is 0.229 e. The van der Waals surface area contributed by atoms with Crippen LogP contribution in [0.4, 0.5) is 11.4 Å². The highest BCUT2D eigenvalue weighted by Gasteiger charge is 2.71. The highest BCUT2D eigenvalue weighted by atomic mass is 16.5. The molecule has 6 aliphatic rings. The third-order valence-corrected chi connectivity index (χ3v) is 9.19. The van der Waals surface area contributed by atoms with Crippen molar-refractivity contribution < 1.29 is 14.3 Å². The van der Waals surface area contributed by atoms with Crippen LogP contribution in [0, 0.1) is 17.8 Å². The Hall–Kier alpha value is -2.18. The Morgan fingerprint density at radius 2 is 2.22 bits per heavy atom. The molecule has 0 radical (unpaired) electrons. The standard InChI is InChI=1S/C26H31N3O3/c1-14(2)9-22(30)27-16-3-4-19-18(10-16)26-6-7-28-13-15-5-8-32-20-12-23(31)29(19)25(26)24(20)17(15)11-21(26)28/h3-5,10,14,17,20-21,24-25H,6-9,11-13H2,1-2H3,(H,27,30)/t17-,20-,21-,24-,25-,26+/m0/s1. The van der Waals surface area contributed by atoms with E-state index in [9.17, 15) is 9.59 Å². The zero-order valence-corrected chi connectivity index (χ0v) is 18.8. The lowest BCUT2D eigenvalue weighted by atomic mass is 9.53. The van der Waals surface area contributed by atoms with E-state index in [0.29, 0.717) is 43.2 Å². The molecule has 1 N–H and O–H groups in total. The van der Waals surface area contributed by atoms with Crippen LogP contribution in [0.3, 0.4) is 0 Å². The molecule has 1 aromatic rings. The van der Waals surface area contributed by atoms with Gasteiger partial charge in [0.05, 0.1) is 25.2 Å². The Morgan fingerprint density at radius 3 is 3.06 bits per heavy atom. The molecule has 1 aliphatic carbocycles. The van der Waals surface area contributed by atoms with Crippen molar-refractivity contribution in [3.63, 3.8) is 0 Å². The quantitative estimate of drug-likeness (QED) is 0.745. The van der Waals surface area contributed by atoms with Crippen LogP contribution in [-0.2, 0) is 19.7 Å². The van der Waals surface area contributed by atoms with E-state index in [1.54, 1.807) is 0 Å². The molecule has 6 nitrogen and oxygen atoms in total. The van der Waals surface area contributed by atoms with Crippen LogP contribution in [-0.4, -0.2) is 54.6 Å². The van der Waals surface area contributed by atoms with Crippen molar-refractivity contribution in [2.45, 2.75) is 63.1 Å². The van der Waals surface area contributed by atoms with Crippen molar-refractivity contribution >= 4 is 23.2 Å². The van der Waals surface area contributed by atoms with E-state index >= 15 is 0 Å². The number of fused-ring (bicyclic) bond motifs is 2. The average molecular weight is 434 g/mol. The van der Waals surface area contributed by atoms with Crippen LogP contribution < -0.4 is 10.2 Å². The van der Waals surface area contributed by atoms with Gasteiger partial charge in [0.25, 0.3) is 0 Å². The fourth-order valence-corrected chi connectivity index (χ4v) is 8.21. The van der Waals surface area contributed by atoms with Gasteiger partial charge in [0.2, 0.25) is 11.8 Å². The van der Waals surface area contributed by atoms with Crippen molar-refractivity contribution in [2.24, 2.45) is 17.8 Å². The van der Waals surface area contributed by atoms with E-state index in [1.165, 1.54) is 11.1 Å². The first-order valence-corrected chi connectivity index (χ1v) is 12.3. The van der Waals surface area contributed by atoms with Gasteiger partial charge < -0.3 is 15.0 Å². The van der Waals surface area contributed by atoms with Gasteiger partial charge in [-0.1, -0.05) is 25.5 Å². The summed E-state index contributed by atoms with van der Waals surface area (Å²) in [5.41, 5.74) is 4.70. The van der Waals surface area contributed by atoms with Crippen LogP contribution in [0.2, 0.25) is 0 Å². The molecular formula is C26H31N3O3. The highest BCUT2D eigenvalue weighted by Crippen LogP contribution is 2.65. The molecule has 3 saturated heterocycles. The summed E-state index contributed by atoms with van der Waals surface area (Å²) < 4.78 is 6.31. The Morgan fingerprint density at radius 1 is 1.34 bits per heavy atom. The maximum Gasteiger partial charge on any atom is 0.229 e. The summed E-state index contributed by atoms with van der Waals surface area (Å²) >= 11 is 0. The molecule has 1 spiro atoms. The van der Waals surface area contributed by atoms with Crippen molar-refractivity contribution in [1.82, 2.24) is 4.90 Å². The summed E-state index contributed by atoms with van der Waals surface area (Å²) in [5.74, 6) is 1.47. The number of anilines is 2. The second-order valence-corrected chi connectivity index (χ2v) is 11.1. The maximum atomic E-state index is 13.5. The lowest BCUT2D eigenvalue weighted by Crippen LogP contribution is -2.69. The Balaban J connectivity index is 1.37. The van der Waals surface area contributed by atoms with Crippen LogP contribution in [0.15, 0.2) is 29.8 Å². The predicted octanol–water partition coefficient (Wildman–Crippen LogP) is 3.08. The second-order valence-electron chi connectivity index (χ2n) is 11.1. The molecule has 6 heteroatoms. The van der Waals surface area contributed by atoms with E-state index in [4.69, 9.17) is 4.74 Å². The molecule has 2 bridgehead atoms. The fourth-order valence-electron chi connectivity index (χ4n) is 8.21. The molecule has 168 valence electrons. The first-order chi connectivity index (χ1) is 15.5. The molecule has 0 unspecified atom stereocenters. The third-order valence-electron chi connectivity index (χ3n) is 9.19. The number of hydrogen-bond donors (Lipinski definition) is 1. The normalized spacial score (nSPS) is 38.5. The van der Waals surface area contributed by atoms with E-state index in [-0.39, 0.29) is 29.4 Å². The molecule has 4 fully saturated rings. The number of hydrogen-bond acceptors (Lipinski definition) is 4. The summed E-state index contributed by atoms with van der Waals surface area (Å²) in [6.07, 6.45) is 5.57.